The molecule has 8 nitrogen and oxygen atoms in total. The number of thioether (sulfide) groups is 1. The van der Waals surface area contributed by atoms with E-state index in [1.54, 1.807) is 11.8 Å². The van der Waals surface area contributed by atoms with Crippen molar-refractivity contribution in [2.45, 2.75) is 17.5 Å². The maximum absolute atomic E-state index is 12.0. The monoisotopic (exact) mass is 386 g/mol. The van der Waals surface area contributed by atoms with E-state index in [0.29, 0.717) is 33.5 Å². The standard InChI is InChI=1S/C16H14N6O2S2/c1-24-11-4-2-10(3-5-11)8-22-16(19-20-21-22)26-9-13-17-12-6-7-25-14(12)15(23)18-13/h2-7H,8-9H2,1H3,(H,17,18,23). The topological polar surface area (TPSA) is 98.6 Å². The number of nitrogens with zero attached hydrogens (tertiary/aromatic N) is 5. The quantitative estimate of drug-likeness (QED) is 0.508. The van der Waals surface area contributed by atoms with Crippen LogP contribution in [0.5, 0.6) is 5.75 Å². The van der Waals surface area contributed by atoms with Crippen LogP contribution < -0.4 is 10.3 Å². The van der Waals surface area contributed by atoms with Crippen LogP contribution in [0, 0.1) is 0 Å². The molecule has 0 aliphatic rings. The highest BCUT2D eigenvalue weighted by Gasteiger charge is 2.10. The number of methoxy groups -OCH3 is 1. The Morgan fingerprint density at radius 2 is 2.12 bits per heavy atom. The highest BCUT2D eigenvalue weighted by molar-refractivity contribution is 7.98. The van der Waals surface area contributed by atoms with Crippen molar-refractivity contribution in [1.82, 2.24) is 30.2 Å². The van der Waals surface area contributed by atoms with Crippen LogP contribution in [0.3, 0.4) is 0 Å². The fourth-order valence-corrected chi connectivity index (χ4v) is 3.90. The summed E-state index contributed by atoms with van der Waals surface area (Å²) in [5.41, 5.74) is 1.66. The van der Waals surface area contributed by atoms with E-state index in [-0.39, 0.29) is 5.56 Å². The van der Waals surface area contributed by atoms with Gasteiger partial charge in [-0.05, 0) is 39.6 Å². The zero-order valence-corrected chi connectivity index (χ0v) is 15.4. The number of rotatable bonds is 6. The molecule has 0 aliphatic heterocycles. The van der Waals surface area contributed by atoms with Crippen molar-refractivity contribution in [3.63, 3.8) is 0 Å². The zero-order chi connectivity index (χ0) is 17.9. The van der Waals surface area contributed by atoms with E-state index < -0.39 is 0 Å². The highest BCUT2D eigenvalue weighted by atomic mass is 32.2. The van der Waals surface area contributed by atoms with Crippen LogP contribution in [0.2, 0.25) is 0 Å². The maximum atomic E-state index is 12.0. The van der Waals surface area contributed by atoms with Crippen molar-refractivity contribution in [2.24, 2.45) is 0 Å². The summed E-state index contributed by atoms with van der Waals surface area (Å²) in [5.74, 6) is 1.88. The molecule has 10 heteroatoms. The zero-order valence-electron chi connectivity index (χ0n) is 13.7. The number of hydrogen-bond donors (Lipinski definition) is 1. The lowest BCUT2D eigenvalue weighted by atomic mass is 10.2. The van der Waals surface area contributed by atoms with Gasteiger partial charge in [0, 0.05) is 0 Å². The Bertz CT molecular complexity index is 1090. The molecule has 0 atom stereocenters. The number of ether oxygens (including phenoxy) is 1. The Hall–Kier alpha value is -2.72. The fraction of sp³-hybridized carbons (Fsp3) is 0.188. The third-order valence-electron chi connectivity index (χ3n) is 3.69. The first kappa shape index (κ1) is 16.7. The normalized spacial score (nSPS) is 11.1. The molecule has 0 spiro atoms. The molecule has 0 aliphatic carbocycles. The summed E-state index contributed by atoms with van der Waals surface area (Å²) in [6, 6.07) is 9.59. The van der Waals surface area contributed by atoms with Gasteiger partial charge < -0.3 is 9.72 Å². The average molecular weight is 386 g/mol. The molecule has 0 amide bonds. The second-order valence-corrected chi connectivity index (χ2v) is 7.26. The summed E-state index contributed by atoms with van der Waals surface area (Å²) in [6.07, 6.45) is 0. The van der Waals surface area contributed by atoms with Crippen LogP contribution in [-0.4, -0.2) is 37.3 Å². The molecule has 0 radical (unpaired) electrons. The SMILES string of the molecule is COc1ccc(Cn2nnnc2SCc2nc3ccsc3c(=O)[nH]2)cc1. The third-order valence-corrected chi connectivity index (χ3v) is 5.56. The Balaban J connectivity index is 1.48. The molecule has 132 valence electrons. The van der Waals surface area contributed by atoms with Gasteiger partial charge in [0.05, 0.1) is 24.9 Å². The van der Waals surface area contributed by atoms with Gasteiger partial charge in [0.15, 0.2) is 0 Å². The molecule has 3 heterocycles. The number of aromatic amines is 1. The first-order valence-corrected chi connectivity index (χ1v) is 9.58. The van der Waals surface area contributed by atoms with Gasteiger partial charge in [-0.1, -0.05) is 23.9 Å². The number of H-pyrrole nitrogens is 1. The van der Waals surface area contributed by atoms with Crippen LogP contribution in [-0.2, 0) is 12.3 Å². The van der Waals surface area contributed by atoms with Crippen molar-refractivity contribution < 1.29 is 4.74 Å². The van der Waals surface area contributed by atoms with E-state index in [9.17, 15) is 4.79 Å². The van der Waals surface area contributed by atoms with Crippen LogP contribution in [0.15, 0.2) is 45.7 Å². The number of thiophene rings is 1. The van der Waals surface area contributed by atoms with Gasteiger partial charge in [-0.3, -0.25) is 4.79 Å². The van der Waals surface area contributed by atoms with E-state index in [1.807, 2.05) is 35.7 Å². The summed E-state index contributed by atoms with van der Waals surface area (Å²) in [5, 5.41) is 14.4. The van der Waals surface area contributed by atoms with Crippen LogP contribution in [0.4, 0.5) is 0 Å². The molecule has 4 rings (SSSR count). The lowest BCUT2D eigenvalue weighted by Gasteiger charge is -2.06. The molecular formula is C16H14N6O2S2. The minimum Gasteiger partial charge on any atom is -0.497 e. The first-order chi connectivity index (χ1) is 12.7. The second kappa shape index (κ2) is 7.26. The Morgan fingerprint density at radius 1 is 1.27 bits per heavy atom. The van der Waals surface area contributed by atoms with Gasteiger partial charge in [0.1, 0.15) is 16.3 Å². The summed E-state index contributed by atoms with van der Waals surface area (Å²) < 4.78 is 7.52. The Kier molecular flexibility index (Phi) is 4.67. The number of benzene rings is 1. The van der Waals surface area contributed by atoms with Gasteiger partial charge in [0.2, 0.25) is 5.16 Å². The van der Waals surface area contributed by atoms with Crippen LogP contribution in [0.1, 0.15) is 11.4 Å². The highest BCUT2D eigenvalue weighted by Crippen LogP contribution is 2.21. The van der Waals surface area contributed by atoms with E-state index in [0.717, 1.165) is 11.3 Å². The van der Waals surface area contributed by atoms with Gasteiger partial charge in [-0.15, -0.1) is 16.4 Å². The molecule has 0 saturated heterocycles. The molecular weight excluding hydrogens is 372 g/mol. The first-order valence-electron chi connectivity index (χ1n) is 7.71. The Morgan fingerprint density at radius 3 is 2.92 bits per heavy atom. The summed E-state index contributed by atoms with van der Waals surface area (Å²) >= 11 is 2.81. The van der Waals surface area contributed by atoms with Crippen molar-refractivity contribution in [3.8, 4) is 5.75 Å². The number of fused-ring (bicyclic) bond motifs is 1. The largest absolute Gasteiger partial charge is 0.497 e. The van der Waals surface area contributed by atoms with Gasteiger partial charge >= 0.3 is 0 Å². The molecule has 1 N–H and O–H groups in total. The van der Waals surface area contributed by atoms with Crippen LogP contribution in [0.25, 0.3) is 10.2 Å². The van der Waals surface area contributed by atoms with Crippen molar-refractivity contribution in [2.75, 3.05) is 7.11 Å². The third kappa shape index (κ3) is 3.46. The molecule has 0 fully saturated rings. The molecule has 0 saturated carbocycles. The lowest BCUT2D eigenvalue weighted by Crippen LogP contribution is -2.10. The molecule has 26 heavy (non-hydrogen) atoms. The van der Waals surface area contributed by atoms with E-state index in [2.05, 4.69) is 25.5 Å². The lowest BCUT2D eigenvalue weighted by molar-refractivity contribution is 0.414. The average Bonchev–Trinajstić information content (AvgIpc) is 3.30. The number of tetrazole rings is 1. The molecule has 4 aromatic rings. The molecule has 3 aromatic heterocycles. The van der Waals surface area contributed by atoms with Crippen molar-refractivity contribution >= 4 is 33.3 Å². The molecule has 1 aromatic carbocycles. The molecule has 0 unspecified atom stereocenters. The summed E-state index contributed by atoms with van der Waals surface area (Å²) in [6.45, 7) is 0.548. The predicted molar refractivity (Wildman–Crippen MR) is 99.7 cm³/mol. The van der Waals surface area contributed by atoms with Crippen molar-refractivity contribution in [3.05, 3.63) is 57.5 Å². The van der Waals surface area contributed by atoms with E-state index in [4.69, 9.17) is 4.74 Å². The fourth-order valence-electron chi connectivity index (χ4n) is 2.43. The predicted octanol–water partition coefficient (Wildman–Crippen LogP) is 2.32. The number of hydrogen-bond acceptors (Lipinski definition) is 8. The number of nitrogens with one attached hydrogen (secondary N) is 1. The maximum Gasteiger partial charge on any atom is 0.268 e. The smallest absolute Gasteiger partial charge is 0.268 e. The summed E-state index contributed by atoms with van der Waals surface area (Å²) in [7, 11) is 1.64. The van der Waals surface area contributed by atoms with Crippen LogP contribution >= 0.6 is 23.1 Å². The van der Waals surface area contributed by atoms with Crippen molar-refractivity contribution in [1.29, 1.82) is 0 Å². The second-order valence-electron chi connectivity index (χ2n) is 5.40. The molecule has 0 bridgehead atoms. The van der Waals surface area contributed by atoms with Gasteiger partial charge in [-0.2, -0.15) is 0 Å². The van der Waals surface area contributed by atoms with E-state index >= 15 is 0 Å². The minimum absolute atomic E-state index is 0.113. The van der Waals surface area contributed by atoms with Gasteiger partial charge in [0.25, 0.3) is 5.56 Å². The number of aromatic nitrogens is 6. The summed E-state index contributed by atoms with van der Waals surface area (Å²) in [4.78, 5) is 19.3. The van der Waals surface area contributed by atoms with E-state index in [1.165, 1.54) is 23.1 Å². The Labute approximate surface area is 156 Å². The van der Waals surface area contributed by atoms with Gasteiger partial charge in [-0.25, -0.2) is 9.67 Å². The minimum atomic E-state index is -0.113.